The Morgan fingerprint density at radius 3 is 2.69 bits per heavy atom. The second-order valence-corrected chi connectivity index (χ2v) is 5.19. The predicted molar refractivity (Wildman–Crippen MR) is 67.0 cm³/mol. The van der Waals surface area contributed by atoms with Gasteiger partial charge in [-0.15, -0.1) is 0 Å². The number of aromatic amines is 1. The number of H-pyrrole nitrogens is 1. The molecule has 0 atom stereocenters. The number of imidazole rings is 1. The van der Waals surface area contributed by atoms with Crippen LogP contribution in [0.4, 0.5) is 0 Å². The number of carbonyl (C=O) groups is 1. The molecule has 5 heteroatoms. The number of carbonyl (C=O) groups excluding carboxylic acids is 1. The van der Waals surface area contributed by atoms with Gasteiger partial charge < -0.3 is 14.9 Å². The maximum Gasteiger partial charge on any atom is 0.221 e. The lowest BCUT2D eigenvalue weighted by molar-refractivity contribution is -0.120. The predicted octanol–water partition coefficient (Wildman–Crippen LogP) is 1.98. The van der Waals surface area contributed by atoms with Gasteiger partial charge in [0.25, 0.3) is 0 Å². The Bertz CT molecular complexity index is 425. The Balaban J connectivity index is 2.91. The Hall–Kier alpha value is -1.10. The molecule has 0 radical (unpaired) electrons. The minimum absolute atomic E-state index is 0.0241. The van der Waals surface area contributed by atoms with Crippen molar-refractivity contribution in [3.63, 3.8) is 0 Å². The molecule has 1 aromatic rings. The minimum Gasteiger partial charge on any atom is -0.359 e. The molecule has 1 rings (SSSR count). The Morgan fingerprint density at radius 2 is 2.19 bits per heavy atom. The van der Waals surface area contributed by atoms with Crippen LogP contribution < -0.4 is 5.32 Å². The number of amides is 1. The van der Waals surface area contributed by atoms with Crippen LogP contribution in [0.2, 0.25) is 0 Å². The van der Waals surface area contributed by atoms with E-state index in [0.29, 0.717) is 17.7 Å². The lowest BCUT2D eigenvalue weighted by Gasteiger charge is -2.20. The fourth-order valence-electron chi connectivity index (χ4n) is 1.58. The first-order valence-corrected chi connectivity index (χ1v) is 5.76. The summed E-state index contributed by atoms with van der Waals surface area (Å²) in [5, 5.41) is 2.61. The highest BCUT2D eigenvalue weighted by Crippen LogP contribution is 2.22. The molecule has 0 saturated heterocycles. The topological polar surface area (TPSA) is 49.8 Å². The van der Waals surface area contributed by atoms with Crippen molar-refractivity contribution in [3.8, 4) is 0 Å². The Labute approximate surface area is 101 Å². The largest absolute Gasteiger partial charge is 0.359 e. The molecule has 0 spiro atoms. The third kappa shape index (κ3) is 2.95. The monoisotopic (exact) mass is 241 g/mol. The molecule has 0 saturated carbocycles. The van der Waals surface area contributed by atoms with E-state index >= 15 is 0 Å². The summed E-state index contributed by atoms with van der Waals surface area (Å²) < 4.78 is 2.67. The summed E-state index contributed by atoms with van der Waals surface area (Å²) >= 11 is 5.21. The maximum atomic E-state index is 11.2. The molecule has 16 heavy (non-hydrogen) atoms. The summed E-state index contributed by atoms with van der Waals surface area (Å²) in [6.07, 6.45) is 2.37. The van der Waals surface area contributed by atoms with E-state index in [1.807, 2.05) is 10.8 Å². The second-order valence-electron chi connectivity index (χ2n) is 4.80. The maximum absolute atomic E-state index is 11.2. The molecule has 1 heterocycles. The van der Waals surface area contributed by atoms with Gasteiger partial charge in [0.15, 0.2) is 4.77 Å². The van der Waals surface area contributed by atoms with Crippen molar-refractivity contribution in [2.45, 2.75) is 39.2 Å². The molecule has 4 nitrogen and oxygen atoms in total. The van der Waals surface area contributed by atoms with Gasteiger partial charge in [0, 0.05) is 37.3 Å². The number of hydrogen-bond donors (Lipinski definition) is 2. The number of hydrogen-bond acceptors (Lipinski definition) is 2. The number of nitrogens with one attached hydrogen (secondary N) is 2. The Morgan fingerprint density at radius 1 is 1.56 bits per heavy atom. The van der Waals surface area contributed by atoms with Crippen LogP contribution in [-0.4, -0.2) is 22.5 Å². The highest BCUT2D eigenvalue weighted by Gasteiger charge is 2.19. The van der Waals surface area contributed by atoms with Crippen LogP contribution >= 0.6 is 12.2 Å². The van der Waals surface area contributed by atoms with E-state index in [1.165, 1.54) is 0 Å². The molecule has 0 fully saturated rings. The van der Waals surface area contributed by atoms with Crippen LogP contribution in [0.1, 0.15) is 32.9 Å². The third-order valence-corrected chi connectivity index (χ3v) is 2.82. The molecule has 2 N–H and O–H groups in total. The first-order chi connectivity index (χ1) is 7.36. The minimum atomic E-state index is 0.0241. The van der Waals surface area contributed by atoms with Crippen LogP contribution in [0, 0.1) is 4.77 Å². The number of nitrogens with zero attached hydrogens (tertiary/aromatic N) is 1. The van der Waals surface area contributed by atoms with E-state index < -0.39 is 0 Å². The smallest absolute Gasteiger partial charge is 0.221 e. The van der Waals surface area contributed by atoms with Gasteiger partial charge in [-0.05, 0) is 12.2 Å². The summed E-state index contributed by atoms with van der Waals surface area (Å²) in [6, 6.07) is 0. The lowest BCUT2D eigenvalue weighted by Crippen LogP contribution is -2.22. The van der Waals surface area contributed by atoms with Gasteiger partial charge in [0.1, 0.15) is 0 Å². The van der Waals surface area contributed by atoms with Crippen LogP contribution in [0.25, 0.3) is 0 Å². The summed E-state index contributed by atoms with van der Waals surface area (Å²) in [7, 11) is 1.64. The van der Waals surface area contributed by atoms with Crippen molar-refractivity contribution in [2.24, 2.45) is 0 Å². The van der Waals surface area contributed by atoms with Gasteiger partial charge in [-0.3, -0.25) is 4.79 Å². The zero-order valence-electron chi connectivity index (χ0n) is 10.3. The van der Waals surface area contributed by atoms with E-state index in [-0.39, 0.29) is 11.3 Å². The quantitative estimate of drug-likeness (QED) is 0.795. The molecule has 90 valence electrons. The van der Waals surface area contributed by atoms with Gasteiger partial charge in [0.05, 0.1) is 0 Å². The summed E-state index contributed by atoms with van der Waals surface area (Å²) in [5.74, 6) is 0.0305. The average molecular weight is 241 g/mol. The molecule has 1 amide bonds. The lowest BCUT2D eigenvalue weighted by atomic mass is 9.92. The third-order valence-electron chi connectivity index (χ3n) is 2.48. The van der Waals surface area contributed by atoms with Crippen molar-refractivity contribution in [3.05, 3.63) is 16.7 Å². The molecule has 0 aromatic carbocycles. The first kappa shape index (κ1) is 13.0. The van der Waals surface area contributed by atoms with Crippen molar-refractivity contribution in [1.82, 2.24) is 14.9 Å². The molecule has 0 aliphatic heterocycles. The van der Waals surface area contributed by atoms with E-state index in [4.69, 9.17) is 12.2 Å². The van der Waals surface area contributed by atoms with Crippen molar-refractivity contribution in [1.29, 1.82) is 0 Å². The van der Waals surface area contributed by atoms with Gasteiger partial charge in [0.2, 0.25) is 5.91 Å². The number of rotatable bonds is 3. The van der Waals surface area contributed by atoms with E-state index in [2.05, 4.69) is 31.1 Å². The highest BCUT2D eigenvalue weighted by molar-refractivity contribution is 7.71. The molecule has 0 unspecified atom stereocenters. The molecular formula is C11H19N3OS. The summed E-state index contributed by atoms with van der Waals surface area (Å²) in [6.45, 7) is 7.00. The van der Waals surface area contributed by atoms with Crippen molar-refractivity contribution < 1.29 is 4.79 Å². The van der Waals surface area contributed by atoms with Crippen LogP contribution in [-0.2, 0) is 16.8 Å². The molecule has 0 aliphatic rings. The van der Waals surface area contributed by atoms with Gasteiger partial charge in [-0.1, -0.05) is 20.8 Å². The van der Waals surface area contributed by atoms with Gasteiger partial charge in [-0.25, -0.2) is 0 Å². The standard InChI is InChI=1S/C11H19N3OS/c1-11(2,3)8-7-13-10(16)14(8)6-5-9(15)12-4/h7H,5-6H2,1-4H3,(H,12,15)(H,13,16). The molecular weight excluding hydrogens is 222 g/mol. The molecule has 0 bridgehead atoms. The molecule has 1 aromatic heterocycles. The summed E-state index contributed by atoms with van der Waals surface area (Å²) in [5.41, 5.74) is 1.15. The van der Waals surface area contributed by atoms with Crippen molar-refractivity contribution in [2.75, 3.05) is 7.05 Å². The zero-order valence-corrected chi connectivity index (χ0v) is 11.1. The normalized spacial score (nSPS) is 11.5. The van der Waals surface area contributed by atoms with E-state index in [9.17, 15) is 4.79 Å². The highest BCUT2D eigenvalue weighted by atomic mass is 32.1. The number of aromatic nitrogens is 2. The van der Waals surface area contributed by atoms with Crippen LogP contribution in [0.15, 0.2) is 6.20 Å². The molecule has 0 aliphatic carbocycles. The zero-order chi connectivity index (χ0) is 12.3. The average Bonchev–Trinajstić information content (AvgIpc) is 2.55. The summed E-state index contributed by atoms with van der Waals surface area (Å²) in [4.78, 5) is 14.2. The van der Waals surface area contributed by atoms with Crippen molar-refractivity contribution >= 4 is 18.1 Å². The second kappa shape index (κ2) is 4.82. The Kier molecular flexibility index (Phi) is 3.91. The van der Waals surface area contributed by atoms with Gasteiger partial charge >= 0.3 is 0 Å². The van der Waals surface area contributed by atoms with E-state index in [0.717, 1.165) is 5.69 Å². The van der Waals surface area contributed by atoms with E-state index in [1.54, 1.807) is 7.05 Å². The first-order valence-electron chi connectivity index (χ1n) is 5.35. The fraction of sp³-hybridized carbons (Fsp3) is 0.636. The SMILES string of the molecule is CNC(=O)CCn1c(C(C)(C)C)c[nH]c1=S. The van der Waals surface area contributed by atoms with Crippen LogP contribution in [0.3, 0.4) is 0 Å². The fourth-order valence-corrected chi connectivity index (χ4v) is 1.83. The van der Waals surface area contributed by atoms with Gasteiger partial charge in [-0.2, -0.15) is 0 Å². The van der Waals surface area contributed by atoms with Crippen LogP contribution in [0.5, 0.6) is 0 Å².